The Bertz CT molecular complexity index is 732. The van der Waals surface area contributed by atoms with Crippen molar-refractivity contribution >= 4 is 11.9 Å². The van der Waals surface area contributed by atoms with E-state index >= 15 is 0 Å². The first-order valence-electron chi connectivity index (χ1n) is 7.57. The van der Waals surface area contributed by atoms with E-state index in [4.69, 9.17) is 14.6 Å². The van der Waals surface area contributed by atoms with Gasteiger partial charge in [-0.25, -0.2) is 14.0 Å². The van der Waals surface area contributed by atoms with Crippen molar-refractivity contribution in [3.05, 3.63) is 59.9 Å². The number of aromatic carboxylic acids is 1. The van der Waals surface area contributed by atoms with E-state index in [0.717, 1.165) is 18.2 Å². The van der Waals surface area contributed by atoms with Crippen molar-refractivity contribution in [3.8, 4) is 11.5 Å². The Morgan fingerprint density at radius 3 is 2.40 bits per heavy atom. The van der Waals surface area contributed by atoms with Crippen LogP contribution in [0.25, 0.3) is 0 Å². The van der Waals surface area contributed by atoms with E-state index in [9.17, 15) is 19.1 Å². The van der Waals surface area contributed by atoms with Crippen LogP contribution >= 0.6 is 0 Å². The maximum atomic E-state index is 13.8. The Kier molecular flexibility index (Phi) is 6.33. The van der Waals surface area contributed by atoms with Crippen molar-refractivity contribution in [1.82, 2.24) is 0 Å². The number of carboxylic acids is 2. The van der Waals surface area contributed by atoms with Gasteiger partial charge in [0, 0.05) is 0 Å². The smallest absolute Gasteiger partial charge is 0.344 e. The highest BCUT2D eigenvalue weighted by atomic mass is 19.1. The third-order valence-corrected chi connectivity index (χ3v) is 3.35. The van der Waals surface area contributed by atoms with Gasteiger partial charge in [-0.1, -0.05) is 18.2 Å². The molecule has 0 aliphatic heterocycles. The van der Waals surface area contributed by atoms with E-state index in [1.165, 1.54) is 0 Å². The molecule has 1 atom stereocenters. The van der Waals surface area contributed by atoms with Crippen LogP contribution in [0, 0.1) is 5.82 Å². The highest BCUT2D eigenvalue weighted by Crippen LogP contribution is 2.21. The summed E-state index contributed by atoms with van der Waals surface area (Å²) in [5, 5.41) is 18.0. The molecule has 1 unspecified atom stereocenters. The third kappa shape index (κ3) is 5.49. The maximum absolute atomic E-state index is 13.8. The Morgan fingerprint density at radius 2 is 1.80 bits per heavy atom. The van der Waals surface area contributed by atoms with Crippen LogP contribution in [-0.4, -0.2) is 34.9 Å². The molecule has 0 aliphatic carbocycles. The Balaban J connectivity index is 1.90. The second-order valence-corrected chi connectivity index (χ2v) is 5.20. The number of carbonyl (C=O) groups is 2. The molecule has 6 nitrogen and oxygen atoms in total. The zero-order chi connectivity index (χ0) is 18.2. The molecule has 2 rings (SSSR count). The zero-order valence-electron chi connectivity index (χ0n) is 13.2. The van der Waals surface area contributed by atoms with E-state index < -0.39 is 23.9 Å². The largest absolute Gasteiger partial charge is 0.494 e. The summed E-state index contributed by atoms with van der Waals surface area (Å²) in [5.41, 5.74) is -0.243. The van der Waals surface area contributed by atoms with Gasteiger partial charge in [0.15, 0.2) is 17.7 Å². The molecule has 0 amide bonds. The van der Waals surface area contributed by atoms with Crippen molar-refractivity contribution in [2.24, 2.45) is 0 Å². The quantitative estimate of drug-likeness (QED) is 0.676. The van der Waals surface area contributed by atoms with E-state index in [-0.39, 0.29) is 24.3 Å². The van der Waals surface area contributed by atoms with Crippen LogP contribution in [0.5, 0.6) is 11.5 Å². The Labute approximate surface area is 143 Å². The molecule has 0 saturated heterocycles. The fourth-order valence-electron chi connectivity index (χ4n) is 2.09. The number of aliphatic carboxylic acids is 1. The molecule has 2 aromatic carbocycles. The molecule has 0 radical (unpaired) electrons. The van der Waals surface area contributed by atoms with Crippen molar-refractivity contribution in [3.63, 3.8) is 0 Å². The molecule has 0 heterocycles. The van der Waals surface area contributed by atoms with Gasteiger partial charge in [0.1, 0.15) is 5.75 Å². The molecule has 2 aromatic rings. The van der Waals surface area contributed by atoms with E-state index in [0.29, 0.717) is 12.2 Å². The Hall–Kier alpha value is -3.09. The first-order chi connectivity index (χ1) is 12.0. The first kappa shape index (κ1) is 18.3. The molecule has 132 valence electrons. The van der Waals surface area contributed by atoms with Crippen LogP contribution in [-0.2, 0) is 4.79 Å². The molecule has 0 saturated carbocycles. The zero-order valence-corrected chi connectivity index (χ0v) is 13.2. The molecule has 0 fully saturated rings. The van der Waals surface area contributed by atoms with Crippen LogP contribution < -0.4 is 9.47 Å². The van der Waals surface area contributed by atoms with Gasteiger partial charge in [-0.05, 0) is 43.2 Å². The number of carboxylic acid groups (broad SMARTS) is 2. The molecular formula is C18H17FO6. The van der Waals surface area contributed by atoms with Gasteiger partial charge in [-0.15, -0.1) is 0 Å². The summed E-state index contributed by atoms with van der Waals surface area (Å²) in [6.45, 7) is 0.289. The lowest BCUT2D eigenvalue weighted by Crippen LogP contribution is -2.28. The van der Waals surface area contributed by atoms with Crippen LogP contribution in [0.4, 0.5) is 4.39 Å². The van der Waals surface area contributed by atoms with Gasteiger partial charge in [0.25, 0.3) is 0 Å². The van der Waals surface area contributed by atoms with Crippen molar-refractivity contribution in [2.45, 2.75) is 18.9 Å². The number of halogens is 1. The topological polar surface area (TPSA) is 93.1 Å². The standard InChI is InChI=1S/C18H17FO6/c19-14-11-12(17(20)21)8-9-15(14)25-16(18(22)23)7-4-10-24-13-5-2-1-3-6-13/h1-3,5-6,8-9,11,16H,4,7,10H2,(H,20,21)(H,22,23). The molecule has 25 heavy (non-hydrogen) atoms. The molecule has 2 N–H and O–H groups in total. The molecule has 0 aliphatic rings. The van der Waals surface area contributed by atoms with Gasteiger partial charge < -0.3 is 19.7 Å². The second kappa shape index (κ2) is 8.68. The summed E-state index contributed by atoms with van der Waals surface area (Å²) >= 11 is 0. The average Bonchev–Trinajstić information content (AvgIpc) is 2.59. The predicted octanol–water partition coefficient (Wildman–Crippen LogP) is 3.22. The minimum Gasteiger partial charge on any atom is -0.494 e. The number of para-hydroxylation sites is 1. The molecule has 0 bridgehead atoms. The number of hydrogen-bond acceptors (Lipinski definition) is 4. The molecular weight excluding hydrogens is 331 g/mol. The van der Waals surface area contributed by atoms with Crippen molar-refractivity contribution < 1.29 is 33.7 Å². The van der Waals surface area contributed by atoms with Crippen LogP contribution in [0.15, 0.2) is 48.5 Å². The SMILES string of the molecule is O=C(O)c1ccc(OC(CCCOc2ccccc2)C(=O)O)c(F)c1. The minimum absolute atomic E-state index is 0.113. The van der Waals surface area contributed by atoms with E-state index in [1.807, 2.05) is 18.2 Å². The maximum Gasteiger partial charge on any atom is 0.344 e. The first-order valence-corrected chi connectivity index (χ1v) is 7.57. The third-order valence-electron chi connectivity index (χ3n) is 3.35. The van der Waals surface area contributed by atoms with Gasteiger partial charge in [0.2, 0.25) is 0 Å². The lowest BCUT2D eigenvalue weighted by Gasteiger charge is -2.16. The minimum atomic E-state index is -1.28. The highest BCUT2D eigenvalue weighted by molar-refractivity contribution is 5.87. The van der Waals surface area contributed by atoms with E-state index in [1.54, 1.807) is 12.1 Å². The number of rotatable bonds is 9. The summed E-state index contributed by atoms with van der Waals surface area (Å²) in [5.74, 6) is -3.07. The van der Waals surface area contributed by atoms with Crippen molar-refractivity contribution in [2.75, 3.05) is 6.61 Å². The normalized spacial score (nSPS) is 11.6. The second-order valence-electron chi connectivity index (χ2n) is 5.20. The predicted molar refractivity (Wildman–Crippen MR) is 86.6 cm³/mol. The van der Waals surface area contributed by atoms with Gasteiger partial charge in [-0.2, -0.15) is 0 Å². The Morgan fingerprint density at radius 1 is 1.08 bits per heavy atom. The number of hydrogen-bond donors (Lipinski definition) is 2. The summed E-state index contributed by atoms with van der Waals surface area (Å²) in [6.07, 6.45) is -0.757. The van der Waals surface area contributed by atoms with Crippen molar-refractivity contribution in [1.29, 1.82) is 0 Å². The van der Waals surface area contributed by atoms with Gasteiger partial charge >= 0.3 is 11.9 Å². The lowest BCUT2D eigenvalue weighted by atomic mass is 10.2. The number of ether oxygens (including phenoxy) is 2. The fraction of sp³-hybridized carbons (Fsp3) is 0.222. The molecule has 0 aromatic heterocycles. The van der Waals surface area contributed by atoms with Gasteiger partial charge in [-0.3, -0.25) is 0 Å². The molecule has 0 spiro atoms. The number of benzene rings is 2. The fourth-order valence-corrected chi connectivity index (χ4v) is 2.09. The van der Waals surface area contributed by atoms with Crippen LogP contribution in [0.1, 0.15) is 23.2 Å². The molecule has 7 heteroatoms. The summed E-state index contributed by atoms with van der Waals surface area (Å²) in [7, 11) is 0. The van der Waals surface area contributed by atoms with Gasteiger partial charge in [0.05, 0.1) is 12.2 Å². The van der Waals surface area contributed by atoms with E-state index in [2.05, 4.69) is 0 Å². The summed E-state index contributed by atoms with van der Waals surface area (Å²) < 4.78 is 24.5. The highest BCUT2D eigenvalue weighted by Gasteiger charge is 2.21. The van der Waals surface area contributed by atoms with Crippen LogP contribution in [0.3, 0.4) is 0 Å². The lowest BCUT2D eigenvalue weighted by molar-refractivity contribution is -0.145. The summed E-state index contributed by atoms with van der Waals surface area (Å²) in [4.78, 5) is 22.0. The summed E-state index contributed by atoms with van der Waals surface area (Å²) in [6, 6.07) is 12.1. The average molecular weight is 348 g/mol. The monoisotopic (exact) mass is 348 g/mol. The van der Waals surface area contributed by atoms with Crippen LogP contribution in [0.2, 0.25) is 0 Å².